The maximum atomic E-state index is 14.4. The maximum Gasteiger partial charge on any atom is 0.677 e. The van der Waals surface area contributed by atoms with Gasteiger partial charge in [0, 0.05) is 47.7 Å². The van der Waals surface area contributed by atoms with Crippen LogP contribution in [0.3, 0.4) is 0 Å². The molecule has 0 aliphatic carbocycles. The smallest absolute Gasteiger partial charge is 0.495 e. The molecule has 51 heavy (non-hydrogen) atoms. The van der Waals surface area contributed by atoms with E-state index in [9.17, 15) is 8.63 Å². The molecule has 0 saturated carbocycles. The minimum absolute atomic E-state index is 0.116. The number of rotatable bonds is 7. The van der Waals surface area contributed by atoms with Crippen molar-refractivity contribution in [2.45, 2.75) is 33.7 Å². The molecule has 3 aromatic rings. The summed E-state index contributed by atoms with van der Waals surface area (Å²) in [7, 11) is -1.03. The van der Waals surface area contributed by atoms with Gasteiger partial charge in [-0.1, -0.05) is 37.3 Å². The summed E-state index contributed by atoms with van der Waals surface area (Å²) in [5.74, 6) is 0.782. The standard InChI is InChI=1S/C38H50BF2N5O5/c1-26-22-28(3)44-37(26)36(38-27(2)23-29(4)46(38)39(40)41)31-8-6-30(7-9-31)33(42)25-43-32-10-11-34(35(24-32)47-5)45-12-14-48-16-18-50-20-21-51-19-17-49-15-13-45/h6-11,22-26,37,44H,12-21,42H2,1-5H3. The highest BCUT2D eigenvalue weighted by atomic mass is 19.2. The molecule has 10 nitrogen and oxygen atoms in total. The summed E-state index contributed by atoms with van der Waals surface area (Å²) in [6, 6.07) is 15.1. The molecule has 5 rings (SSSR count). The van der Waals surface area contributed by atoms with Gasteiger partial charge in [0.2, 0.25) is 0 Å². The molecule has 274 valence electrons. The van der Waals surface area contributed by atoms with Gasteiger partial charge in [0.15, 0.2) is 0 Å². The van der Waals surface area contributed by atoms with Crippen LogP contribution in [0.5, 0.6) is 5.75 Å². The van der Waals surface area contributed by atoms with Crippen LogP contribution in [-0.4, -0.2) is 97.2 Å². The second-order valence-corrected chi connectivity index (χ2v) is 12.8. The highest BCUT2D eigenvalue weighted by Crippen LogP contribution is 2.33. The molecule has 0 amide bonds. The molecule has 2 aromatic carbocycles. The number of anilines is 1. The number of hydrogen-bond donors (Lipinski definition) is 2. The third kappa shape index (κ3) is 9.79. The number of benzene rings is 2. The second kappa shape index (κ2) is 18.4. The van der Waals surface area contributed by atoms with E-state index in [1.165, 1.54) is 0 Å². The average Bonchev–Trinajstić information content (AvgIpc) is 3.60. The van der Waals surface area contributed by atoms with E-state index < -0.39 is 7.40 Å². The van der Waals surface area contributed by atoms with Gasteiger partial charge in [-0.05, 0) is 55.0 Å². The summed E-state index contributed by atoms with van der Waals surface area (Å²) >= 11 is 0. The fourth-order valence-electron chi connectivity index (χ4n) is 6.66. The molecule has 3 N–H and O–H groups in total. The summed E-state index contributed by atoms with van der Waals surface area (Å²) in [6.45, 7) is 13.2. The molecule has 0 spiro atoms. The summed E-state index contributed by atoms with van der Waals surface area (Å²) in [6.07, 6.45) is 3.76. The monoisotopic (exact) mass is 705 g/mol. The van der Waals surface area contributed by atoms with Crippen molar-refractivity contribution in [1.29, 1.82) is 0 Å². The van der Waals surface area contributed by atoms with Crippen LogP contribution >= 0.6 is 0 Å². The first-order valence-electron chi connectivity index (χ1n) is 17.5. The number of hydrogen-bond acceptors (Lipinski definition) is 9. The van der Waals surface area contributed by atoms with Gasteiger partial charge in [-0.3, -0.25) is 13.6 Å². The van der Waals surface area contributed by atoms with E-state index in [1.54, 1.807) is 20.2 Å². The van der Waals surface area contributed by atoms with Crippen molar-refractivity contribution in [3.8, 4) is 5.75 Å². The van der Waals surface area contributed by atoms with Crippen molar-refractivity contribution >= 4 is 36.3 Å². The Bertz CT molecular complexity index is 1770. The molecule has 2 aliphatic heterocycles. The van der Waals surface area contributed by atoms with Crippen LogP contribution in [0.25, 0.3) is 11.3 Å². The minimum Gasteiger partial charge on any atom is -0.495 e. The van der Waals surface area contributed by atoms with Crippen LogP contribution in [0.1, 0.15) is 30.8 Å². The van der Waals surface area contributed by atoms with Crippen molar-refractivity contribution in [3.63, 3.8) is 0 Å². The van der Waals surface area contributed by atoms with Crippen LogP contribution in [0, 0.1) is 19.8 Å². The van der Waals surface area contributed by atoms with Gasteiger partial charge in [0.1, 0.15) is 5.75 Å². The van der Waals surface area contributed by atoms with E-state index in [0.717, 1.165) is 37.4 Å². The van der Waals surface area contributed by atoms with Crippen molar-refractivity contribution in [2.24, 2.45) is 16.6 Å². The Hall–Kier alpha value is -4.17. The predicted molar refractivity (Wildman–Crippen MR) is 200 cm³/mol. The first kappa shape index (κ1) is 38.1. The van der Waals surface area contributed by atoms with Gasteiger partial charge in [-0.25, -0.2) is 0 Å². The van der Waals surface area contributed by atoms with E-state index in [-0.39, 0.29) is 12.0 Å². The zero-order chi connectivity index (χ0) is 36.3. The van der Waals surface area contributed by atoms with E-state index in [2.05, 4.69) is 28.2 Å². The first-order chi connectivity index (χ1) is 24.7. The molecular weight excluding hydrogens is 655 g/mol. The molecule has 2 unspecified atom stereocenters. The number of aliphatic imine (C=N–C) groups is 1. The maximum absolute atomic E-state index is 14.4. The number of nitrogens with two attached hydrogens (primary N) is 1. The van der Waals surface area contributed by atoms with Gasteiger partial charge >= 0.3 is 7.40 Å². The fraction of sp³-hybridized carbons (Fsp3) is 0.447. The number of methoxy groups -OCH3 is 1. The lowest BCUT2D eigenvalue weighted by Crippen LogP contribution is -2.35. The van der Waals surface area contributed by atoms with Gasteiger partial charge in [-0.2, -0.15) is 0 Å². The fourth-order valence-corrected chi connectivity index (χ4v) is 6.66. The van der Waals surface area contributed by atoms with Crippen molar-refractivity contribution < 1.29 is 32.3 Å². The number of nitrogens with zero attached hydrogens (tertiary/aromatic N) is 3. The summed E-state index contributed by atoms with van der Waals surface area (Å²) < 4.78 is 58.3. The van der Waals surface area contributed by atoms with Crippen LogP contribution in [-0.2, 0) is 18.9 Å². The number of aromatic nitrogens is 1. The molecule has 0 bridgehead atoms. The number of aryl methyl sites for hydroxylation is 2. The van der Waals surface area contributed by atoms with Crippen LogP contribution in [0.2, 0.25) is 0 Å². The summed E-state index contributed by atoms with van der Waals surface area (Å²) in [4.78, 5) is 6.82. The van der Waals surface area contributed by atoms with Gasteiger partial charge in [0.25, 0.3) is 0 Å². The van der Waals surface area contributed by atoms with Crippen molar-refractivity contribution in [2.75, 3.05) is 78.0 Å². The molecular formula is C38H50BF2N5O5. The van der Waals surface area contributed by atoms with Gasteiger partial charge < -0.3 is 44.1 Å². The van der Waals surface area contributed by atoms with Crippen molar-refractivity contribution in [3.05, 3.63) is 87.7 Å². The Morgan fingerprint density at radius 3 is 2.02 bits per heavy atom. The minimum atomic E-state index is -2.66. The number of allylic oxidation sites excluding steroid dienone is 1. The lowest BCUT2D eigenvalue weighted by Gasteiger charge is -2.26. The van der Waals surface area contributed by atoms with Crippen LogP contribution in [0.4, 0.5) is 20.0 Å². The average molecular weight is 706 g/mol. The van der Waals surface area contributed by atoms with Gasteiger partial charge in [0.05, 0.1) is 89.3 Å². The molecule has 0 radical (unpaired) electrons. The molecule has 1 aromatic heterocycles. The Labute approximate surface area is 299 Å². The normalized spacial score (nSPS) is 19.6. The highest BCUT2D eigenvalue weighted by molar-refractivity contribution is 6.41. The predicted octanol–water partition coefficient (Wildman–Crippen LogP) is 3.95. The Morgan fingerprint density at radius 1 is 0.882 bits per heavy atom. The van der Waals surface area contributed by atoms with Crippen LogP contribution in [0.15, 0.2) is 65.3 Å². The van der Waals surface area contributed by atoms with Crippen molar-refractivity contribution in [1.82, 2.24) is 9.79 Å². The zero-order valence-electron chi connectivity index (χ0n) is 30.3. The Kier molecular flexibility index (Phi) is 13.7. The molecule has 1 fully saturated rings. The molecule has 2 atom stereocenters. The molecule has 13 heteroatoms. The topological polar surface area (TPSA) is 105 Å². The lowest BCUT2D eigenvalue weighted by molar-refractivity contribution is 0.00206. The molecule has 1 saturated heterocycles. The number of halogens is 2. The zero-order valence-corrected chi connectivity index (χ0v) is 30.3. The summed E-state index contributed by atoms with van der Waals surface area (Å²) in [5.41, 5.74) is 12.3. The van der Waals surface area contributed by atoms with E-state index in [0.29, 0.717) is 94.5 Å². The Balaban J connectivity index is 1.40. The first-order valence-corrected chi connectivity index (χ1v) is 17.5. The van der Waals surface area contributed by atoms with E-state index in [4.69, 9.17) is 29.4 Å². The lowest BCUT2D eigenvalue weighted by atomic mass is 9.90. The largest absolute Gasteiger partial charge is 0.677 e. The third-order valence-electron chi connectivity index (χ3n) is 9.12. The number of ether oxygens (including phenoxy) is 5. The number of nitrogens with one attached hydrogen (secondary N) is 1. The van der Waals surface area contributed by atoms with E-state index >= 15 is 0 Å². The quantitative estimate of drug-likeness (QED) is 0.282. The van der Waals surface area contributed by atoms with E-state index in [1.807, 2.05) is 62.4 Å². The van der Waals surface area contributed by atoms with Gasteiger partial charge in [-0.15, -0.1) is 0 Å². The Morgan fingerprint density at radius 2 is 1.47 bits per heavy atom. The third-order valence-corrected chi connectivity index (χ3v) is 9.12. The molecule has 3 heterocycles. The summed E-state index contributed by atoms with van der Waals surface area (Å²) in [5, 5.41) is 5.13. The molecule has 2 aliphatic rings. The second-order valence-electron chi connectivity index (χ2n) is 12.8. The SMILES string of the molecule is COc1cc(N=CC(N)=c2ccc(=C(c3c(C)cc(C)n3B(F)F)C3NC(C)=CC3C)cc2)ccc1N1CCOCCOCCOCCOCC1. The highest BCUT2D eigenvalue weighted by Gasteiger charge is 2.33. The van der Waals surface area contributed by atoms with Crippen LogP contribution < -0.4 is 31.1 Å².